The Morgan fingerprint density at radius 1 is 1.28 bits per heavy atom. The van der Waals surface area contributed by atoms with Gasteiger partial charge in [-0.25, -0.2) is 0 Å². The van der Waals surface area contributed by atoms with Gasteiger partial charge >= 0.3 is 0 Å². The molecule has 0 unspecified atom stereocenters. The maximum atomic E-state index is 12.4. The summed E-state index contributed by atoms with van der Waals surface area (Å²) in [5.41, 5.74) is 2.18. The van der Waals surface area contributed by atoms with Gasteiger partial charge in [0.25, 0.3) is 0 Å². The number of carbonyl (C=O) groups excluding carboxylic acids is 1. The van der Waals surface area contributed by atoms with E-state index in [4.69, 9.17) is 16.0 Å². The average Bonchev–Trinajstić information content (AvgIpc) is 3.17. The maximum Gasteiger partial charge on any atom is 0.249 e. The molecule has 1 N–H and O–H groups in total. The first kappa shape index (κ1) is 21.5. The molecule has 1 aromatic carbocycles. The van der Waals surface area contributed by atoms with E-state index in [2.05, 4.69) is 28.5 Å². The van der Waals surface area contributed by atoms with Gasteiger partial charge in [0.1, 0.15) is 0 Å². The molecule has 1 aliphatic carbocycles. The standard InChI is InChI=1S/C22H29ClN4O2/c1-2-14-27(15-20(28)24-13-12-17-8-4-3-5-9-17)16-21-25-26-22(29-21)18-10-6-7-11-19(18)23/h6-8,10-11H,2-5,9,12-16H2,1H3,(H,24,28). The number of nitrogens with one attached hydrogen (secondary N) is 1. The molecule has 0 saturated heterocycles. The third-order valence-corrected chi connectivity index (χ3v) is 5.32. The molecule has 3 rings (SSSR count). The number of hydrogen-bond acceptors (Lipinski definition) is 5. The molecule has 1 amide bonds. The van der Waals surface area contributed by atoms with E-state index >= 15 is 0 Å². The minimum atomic E-state index is 0.0284. The van der Waals surface area contributed by atoms with Crippen LogP contribution in [0.3, 0.4) is 0 Å². The number of hydrogen-bond donors (Lipinski definition) is 1. The van der Waals surface area contributed by atoms with E-state index in [0.29, 0.717) is 42.0 Å². The van der Waals surface area contributed by atoms with Crippen molar-refractivity contribution in [3.63, 3.8) is 0 Å². The largest absolute Gasteiger partial charge is 0.419 e. The van der Waals surface area contributed by atoms with Crippen molar-refractivity contribution in [1.82, 2.24) is 20.4 Å². The minimum Gasteiger partial charge on any atom is -0.419 e. The topological polar surface area (TPSA) is 71.3 Å². The van der Waals surface area contributed by atoms with Crippen LogP contribution < -0.4 is 5.32 Å². The Morgan fingerprint density at radius 2 is 2.14 bits per heavy atom. The first-order valence-corrected chi connectivity index (χ1v) is 10.8. The van der Waals surface area contributed by atoms with Gasteiger partial charge < -0.3 is 9.73 Å². The molecular formula is C22H29ClN4O2. The van der Waals surface area contributed by atoms with Gasteiger partial charge in [0.2, 0.25) is 17.7 Å². The molecule has 0 fully saturated rings. The summed E-state index contributed by atoms with van der Waals surface area (Å²) in [7, 11) is 0. The van der Waals surface area contributed by atoms with Crippen LogP contribution in [0.15, 0.2) is 40.3 Å². The van der Waals surface area contributed by atoms with Crippen molar-refractivity contribution in [2.24, 2.45) is 0 Å². The number of carbonyl (C=O) groups is 1. The van der Waals surface area contributed by atoms with Gasteiger partial charge in [0.05, 0.1) is 23.7 Å². The van der Waals surface area contributed by atoms with Gasteiger partial charge in [-0.1, -0.05) is 42.3 Å². The van der Waals surface area contributed by atoms with Crippen LogP contribution in [0.4, 0.5) is 0 Å². The third kappa shape index (κ3) is 6.68. The van der Waals surface area contributed by atoms with Crippen LogP contribution in [0.2, 0.25) is 5.02 Å². The molecule has 0 spiro atoms. The molecule has 2 aromatic rings. The lowest BCUT2D eigenvalue weighted by atomic mass is 9.97. The van der Waals surface area contributed by atoms with Crippen LogP contribution >= 0.6 is 11.6 Å². The van der Waals surface area contributed by atoms with Gasteiger partial charge in [-0.15, -0.1) is 10.2 Å². The highest BCUT2D eigenvalue weighted by Gasteiger charge is 2.16. The van der Waals surface area contributed by atoms with Gasteiger partial charge in [0.15, 0.2) is 0 Å². The lowest BCUT2D eigenvalue weighted by molar-refractivity contribution is -0.122. The maximum absolute atomic E-state index is 12.4. The van der Waals surface area contributed by atoms with Gasteiger partial charge in [-0.05, 0) is 57.2 Å². The Bertz CT molecular complexity index is 834. The summed E-state index contributed by atoms with van der Waals surface area (Å²) in [6.07, 6.45) is 9.11. The number of amides is 1. The highest BCUT2D eigenvalue weighted by atomic mass is 35.5. The molecule has 1 heterocycles. The molecule has 0 saturated carbocycles. The number of allylic oxidation sites excluding steroid dienone is 1. The fourth-order valence-corrected chi connectivity index (χ4v) is 3.75. The summed E-state index contributed by atoms with van der Waals surface area (Å²) in [6, 6.07) is 7.37. The van der Waals surface area contributed by atoms with E-state index in [1.54, 1.807) is 6.07 Å². The Kier molecular flexibility index (Phi) is 8.25. The molecular weight excluding hydrogens is 388 g/mol. The molecule has 6 nitrogen and oxygen atoms in total. The average molecular weight is 417 g/mol. The number of benzene rings is 1. The number of rotatable bonds is 10. The van der Waals surface area contributed by atoms with Crippen molar-refractivity contribution in [3.8, 4) is 11.5 Å². The smallest absolute Gasteiger partial charge is 0.249 e. The number of halogens is 1. The van der Waals surface area contributed by atoms with Crippen LogP contribution in [0.25, 0.3) is 11.5 Å². The molecule has 1 aromatic heterocycles. The Balaban J connectivity index is 1.51. The van der Waals surface area contributed by atoms with Crippen molar-refractivity contribution in [3.05, 3.63) is 46.8 Å². The van der Waals surface area contributed by atoms with Gasteiger partial charge in [0, 0.05) is 6.54 Å². The zero-order valence-corrected chi connectivity index (χ0v) is 17.7. The molecule has 0 aliphatic heterocycles. The zero-order valence-electron chi connectivity index (χ0n) is 17.0. The lowest BCUT2D eigenvalue weighted by Gasteiger charge is -2.19. The van der Waals surface area contributed by atoms with Crippen LogP contribution in [-0.4, -0.2) is 40.6 Å². The second-order valence-corrected chi connectivity index (χ2v) is 7.81. The first-order valence-electron chi connectivity index (χ1n) is 10.4. The van der Waals surface area contributed by atoms with E-state index in [0.717, 1.165) is 19.4 Å². The van der Waals surface area contributed by atoms with Crippen LogP contribution in [0.1, 0.15) is 51.3 Å². The van der Waals surface area contributed by atoms with Crippen molar-refractivity contribution < 1.29 is 9.21 Å². The van der Waals surface area contributed by atoms with Gasteiger partial charge in [-0.3, -0.25) is 9.69 Å². The van der Waals surface area contributed by atoms with E-state index < -0.39 is 0 Å². The molecule has 1 aliphatic rings. The van der Waals surface area contributed by atoms with Gasteiger partial charge in [-0.2, -0.15) is 0 Å². The van der Waals surface area contributed by atoms with Crippen LogP contribution in [0, 0.1) is 0 Å². The summed E-state index contributed by atoms with van der Waals surface area (Å²) in [6.45, 7) is 4.31. The lowest BCUT2D eigenvalue weighted by Crippen LogP contribution is -2.37. The summed E-state index contributed by atoms with van der Waals surface area (Å²) in [5.74, 6) is 0.904. The van der Waals surface area contributed by atoms with Crippen molar-refractivity contribution in [2.45, 2.75) is 52.0 Å². The molecule has 0 bridgehead atoms. The fraction of sp³-hybridized carbons (Fsp3) is 0.500. The normalized spacial score (nSPS) is 14.1. The van der Waals surface area contributed by atoms with E-state index in [9.17, 15) is 4.79 Å². The van der Waals surface area contributed by atoms with Crippen LogP contribution in [0.5, 0.6) is 0 Å². The zero-order chi connectivity index (χ0) is 20.5. The molecule has 0 atom stereocenters. The SMILES string of the molecule is CCCN(CC(=O)NCCC1=CCCCC1)Cc1nnc(-c2ccccc2Cl)o1. The number of nitrogens with zero attached hydrogens (tertiary/aromatic N) is 3. The molecule has 156 valence electrons. The monoisotopic (exact) mass is 416 g/mol. The Hall–Kier alpha value is -2.18. The van der Waals surface area contributed by atoms with Crippen molar-refractivity contribution >= 4 is 17.5 Å². The fourth-order valence-electron chi connectivity index (χ4n) is 3.54. The second-order valence-electron chi connectivity index (χ2n) is 7.40. The van der Waals surface area contributed by atoms with Crippen molar-refractivity contribution in [1.29, 1.82) is 0 Å². The van der Waals surface area contributed by atoms with E-state index in [1.807, 2.05) is 23.1 Å². The molecule has 7 heteroatoms. The van der Waals surface area contributed by atoms with E-state index in [-0.39, 0.29) is 5.91 Å². The van der Waals surface area contributed by atoms with E-state index in [1.165, 1.54) is 31.3 Å². The second kappa shape index (κ2) is 11.1. The Morgan fingerprint density at radius 3 is 2.90 bits per heavy atom. The summed E-state index contributed by atoms with van der Waals surface area (Å²) in [4.78, 5) is 14.4. The third-order valence-electron chi connectivity index (χ3n) is 4.99. The van der Waals surface area contributed by atoms with Crippen molar-refractivity contribution in [2.75, 3.05) is 19.6 Å². The minimum absolute atomic E-state index is 0.0284. The predicted octanol–water partition coefficient (Wildman–Crippen LogP) is 4.61. The summed E-state index contributed by atoms with van der Waals surface area (Å²) in [5, 5.41) is 11.8. The number of aromatic nitrogens is 2. The molecule has 29 heavy (non-hydrogen) atoms. The quantitative estimate of drug-likeness (QED) is 0.572. The highest BCUT2D eigenvalue weighted by molar-refractivity contribution is 6.33. The molecule has 0 radical (unpaired) electrons. The predicted molar refractivity (Wildman–Crippen MR) is 114 cm³/mol. The summed E-state index contributed by atoms with van der Waals surface area (Å²) >= 11 is 6.20. The van der Waals surface area contributed by atoms with Crippen LogP contribution in [-0.2, 0) is 11.3 Å². The summed E-state index contributed by atoms with van der Waals surface area (Å²) < 4.78 is 5.78. The first-order chi connectivity index (χ1) is 14.2. The Labute approximate surface area is 177 Å². The highest BCUT2D eigenvalue weighted by Crippen LogP contribution is 2.26.